The second-order valence-corrected chi connectivity index (χ2v) is 6.40. The second kappa shape index (κ2) is 5.52. The van der Waals surface area contributed by atoms with E-state index in [1.54, 1.807) is 12.3 Å². The summed E-state index contributed by atoms with van der Waals surface area (Å²) in [6.45, 7) is 0. The number of thiophene rings is 1. The number of pyridine rings is 1. The second-order valence-electron chi connectivity index (χ2n) is 4.06. The minimum absolute atomic E-state index is 0.244. The van der Waals surface area contributed by atoms with E-state index in [0.29, 0.717) is 15.7 Å². The van der Waals surface area contributed by atoms with Gasteiger partial charge in [-0.25, -0.2) is 4.98 Å². The monoisotopic (exact) mass is 366 g/mol. The number of hydrogen-bond acceptors (Lipinski definition) is 3. The third-order valence-corrected chi connectivity index (χ3v) is 4.85. The number of fused-ring (bicyclic) bond motifs is 1. The predicted octanol–water partition coefficient (Wildman–Crippen LogP) is 4.96. The SMILES string of the molecule is O=C(Nc1ccc(Br)cn1)c1sc2ccccc2c1Cl. The van der Waals surface area contributed by atoms with Crippen LogP contribution < -0.4 is 5.32 Å². The maximum absolute atomic E-state index is 12.3. The Hall–Kier alpha value is -1.43. The number of amides is 1. The predicted molar refractivity (Wildman–Crippen MR) is 86.7 cm³/mol. The van der Waals surface area contributed by atoms with E-state index in [-0.39, 0.29) is 5.91 Å². The van der Waals surface area contributed by atoms with Gasteiger partial charge in [0.25, 0.3) is 5.91 Å². The van der Waals surface area contributed by atoms with Gasteiger partial charge in [-0.3, -0.25) is 4.79 Å². The van der Waals surface area contributed by atoms with Crippen LogP contribution in [0.4, 0.5) is 5.82 Å². The van der Waals surface area contributed by atoms with Crippen LogP contribution in [0, 0.1) is 0 Å². The molecular weight excluding hydrogens is 360 g/mol. The first-order chi connectivity index (χ1) is 9.65. The largest absolute Gasteiger partial charge is 0.306 e. The van der Waals surface area contributed by atoms with Crippen molar-refractivity contribution in [3.63, 3.8) is 0 Å². The number of nitrogens with zero attached hydrogens (tertiary/aromatic N) is 1. The van der Waals surface area contributed by atoms with Crippen LogP contribution in [-0.2, 0) is 0 Å². The Labute approximate surface area is 132 Å². The van der Waals surface area contributed by atoms with Gasteiger partial charge in [-0.15, -0.1) is 11.3 Å². The van der Waals surface area contributed by atoms with Crippen LogP contribution >= 0.6 is 38.9 Å². The number of rotatable bonds is 2. The molecule has 1 aromatic carbocycles. The molecule has 1 amide bonds. The third kappa shape index (κ3) is 2.57. The molecule has 3 rings (SSSR count). The fraction of sp³-hybridized carbons (Fsp3) is 0. The smallest absolute Gasteiger partial charge is 0.268 e. The van der Waals surface area contributed by atoms with Gasteiger partial charge >= 0.3 is 0 Å². The quantitative estimate of drug-likeness (QED) is 0.695. The van der Waals surface area contributed by atoms with E-state index in [1.165, 1.54) is 11.3 Å². The highest BCUT2D eigenvalue weighted by atomic mass is 79.9. The molecule has 0 saturated carbocycles. The van der Waals surface area contributed by atoms with Crippen LogP contribution in [0.5, 0.6) is 0 Å². The van der Waals surface area contributed by atoms with E-state index in [0.717, 1.165) is 14.6 Å². The zero-order valence-corrected chi connectivity index (χ0v) is 13.2. The Balaban J connectivity index is 1.92. The number of anilines is 1. The minimum Gasteiger partial charge on any atom is -0.306 e. The Bertz CT molecular complexity index is 785. The van der Waals surface area contributed by atoms with Gasteiger partial charge in [0.05, 0.1) is 5.02 Å². The summed E-state index contributed by atoms with van der Waals surface area (Å²) < 4.78 is 1.85. The fourth-order valence-corrected chi connectivity index (χ4v) is 3.43. The summed E-state index contributed by atoms with van der Waals surface area (Å²) in [5.74, 6) is 0.248. The maximum atomic E-state index is 12.3. The molecule has 0 bridgehead atoms. The Morgan fingerprint density at radius 1 is 1.25 bits per heavy atom. The van der Waals surface area contributed by atoms with Gasteiger partial charge in [0.2, 0.25) is 0 Å². The normalized spacial score (nSPS) is 10.7. The molecule has 0 saturated heterocycles. The maximum Gasteiger partial charge on any atom is 0.268 e. The highest BCUT2D eigenvalue weighted by Gasteiger charge is 2.17. The van der Waals surface area contributed by atoms with Gasteiger partial charge in [0.1, 0.15) is 10.7 Å². The molecule has 0 aliphatic carbocycles. The Morgan fingerprint density at radius 2 is 2.05 bits per heavy atom. The van der Waals surface area contributed by atoms with Crippen molar-refractivity contribution in [2.45, 2.75) is 0 Å². The van der Waals surface area contributed by atoms with Crippen molar-refractivity contribution in [2.75, 3.05) is 5.32 Å². The molecule has 1 N–H and O–H groups in total. The molecule has 3 nitrogen and oxygen atoms in total. The average molecular weight is 368 g/mol. The molecule has 0 unspecified atom stereocenters. The molecule has 3 aromatic rings. The highest BCUT2D eigenvalue weighted by molar-refractivity contribution is 9.10. The molecule has 0 radical (unpaired) electrons. The summed E-state index contributed by atoms with van der Waals surface area (Å²) in [5, 5.41) is 4.12. The summed E-state index contributed by atoms with van der Waals surface area (Å²) in [5.41, 5.74) is 0. The summed E-state index contributed by atoms with van der Waals surface area (Å²) >= 11 is 10.9. The number of carbonyl (C=O) groups is 1. The molecular formula is C14H8BrClN2OS. The summed E-state index contributed by atoms with van der Waals surface area (Å²) in [7, 11) is 0. The Kier molecular flexibility index (Phi) is 3.74. The van der Waals surface area contributed by atoms with E-state index < -0.39 is 0 Å². The van der Waals surface area contributed by atoms with E-state index in [9.17, 15) is 4.79 Å². The molecule has 0 fully saturated rings. The first-order valence-electron chi connectivity index (χ1n) is 5.75. The molecule has 0 spiro atoms. The molecule has 0 aliphatic rings. The van der Waals surface area contributed by atoms with Crippen molar-refractivity contribution in [1.29, 1.82) is 0 Å². The first kappa shape index (κ1) is 13.5. The van der Waals surface area contributed by atoms with Gasteiger partial charge in [-0.2, -0.15) is 0 Å². The third-order valence-electron chi connectivity index (χ3n) is 2.71. The number of aromatic nitrogens is 1. The van der Waals surface area contributed by atoms with Crippen molar-refractivity contribution in [2.24, 2.45) is 0 Å². The van der Waals surface area contributed by atoms with Crippen LogP contribution in [0.2, 0.25) is 5.02 Å². The average Bonchev–Trinajstić information content (AvgIpc) is 2.79. The van der Waals surface area contributed by atoms with Crippen LogP contribution in [0.25, 0.3) is 10.1 Å². The lowest BCUT2D eigenvalue weighted by Gasteiger charge is -2.02. The van der Waals surface area contributed by atoms with E-state index >= 15 is 0 Å². The zero-order chi connectivity index (χ0) is 14.1. The summed E-state index contributed by atoms with van der Waals surface area (Å²) in [6, 6.07) is 11.2. The lowest BCUT2D eigenvalue weighted by molar-refractivity contribution is 0.103. The molecule has 20 heavy (non-hydrogen) atoms. The van der Waals surface area contributed by atoms with E-state index in [2.05, 4.69) is 26.2 Å². The van der Waals surface area contributed by atoms with Gasteiger partial charge in [-0.1, -0.05) is 29.8 Å². The van der Waals surface area contributed by atoms with Crippen LogP contribution in [-0.4, -0.2) is 10.9 Å². The number of halogens is 2. The van der Waals surface area contributed by atoms with Gasteiger partial charge in [-0.05, 0) is 34.1 Å². The number of carbonyl (C=O) groups excluding carboxylic acids is 1. The number of benzene rings is 1. The highest BCUT2D eigenvalue weighted by Crippen LogP contribution is 2.35. The summed E-state index contributed by atoms with van der Waals surface area (Å²) in [6.07, 6.45) is 1.63. The molecule has 0 aliphatic heterocycles. The summed E-state index contributed by atoms with van der Waals surface area (Å²) in [4.78, 5) is 16.9. The minimum atomic E-state index is -0.244. The zero-order valence-electron chi connectivity index (χ0n) is 10.1. The number of hydrogen-bond donors (Lipinski definition) is 1. The van der Waals surface area contributed by atoms with Gasteiger partial charge < -0.3 is 5.32 Å². The van der Waals surface area contributed by atoms with Crippen LogP contribution in [0.15, 0.2) is 47.1 Å². The van der Waals surface area contributed by atoms with Gasteiger partial charge in [0, 0.05) is 20.8 Å². The Morgan fingerprint density at radius 3 is 2.75 bits per heavy atom. The van der Waals surface area contributed by atoms with E-state index in [1.807, 2.05) is 30.3 Å². The van der Waals surface area contributed by atoms with Crippen LogP contribution in [0.1, 0.15) is 9.67 Å². The lowest BCUT2D eigenvalue weighted by atomic mass is 10.2. The topological polar surface area (TPSA) is 42.0 Å². The molecule has 2 heterocycles. The van der Waals surface area contributed by atoms with Crippen LogP contribution in [0.3, 0.4) is 0 Å². The lowest BCUT2D eigenvalue weighted by Crippen LogP contribution is -2.11. The van der Waals surface area contributed by atoms with Crippen molar-refractivity contribution < 1.29 is 4.79 Å². The first-order valence-corrected chi connectivity index (χ1v) is 7.74. The number of nitrogens with one attached hydrogen (secondary N) is 1. The molecule has 2 aromatic heterocycles. The fourth-order valence-electron chi connectivity index (χ4n) is 1.78. The molecule has 100 valence electrons. The standard InChI is InChI=1S/C14H8BrClN2OS/c15-8-5-6-11(17-7-8)18-14(19)13-12(16)9-3-1-2-4-10(9)20-13/h1-7H,(H,17,18,19). The molecule has 0 atom stereocenters. The van der Waals surface area contributed by atoms with Crippen molar-refractivity contribution in [3.05, 3.63) is 57.0 Å². The van der Waals surface area contributed by atoms with Crippen molar-refractivity contribution in [1.82, 2.24) is 4.98 Å². The van der Waals surface area contributed by atoms with Crippen molar-refractivity contribution >= 4 is 60.7 Å². The van der Waals surface area contributed by atoms with Gasteiger partial charge in [0.15, 0.2) is 0 Å². The van der Waals surface area contributed by atoms with E-state index in [4.69, 9.17) is 11.6 Å². The van der Waals surface area contributed by atoms with Crippen molar-refractivity contribution in [3.8, 4) is 0 Å². The molecule has 6 heteroatoms.